The molecule has 0 atom stereocenters. The standard InChI is InChI=1S/C12H6N2O5S/c15-5-6-1-2-7-8(14-6)11(17)9-12(10(7)16)20(18,19)4-3-13-9/h1-5,13H. The molecular weight excluding hydrogens is 284 g/mol. The summed E-state index contributed by atoms with van der Waals surface area (Å²) < 4.78 is 23.7. The van der Waals surface area contributed by atoms with Gasteiger partial charge in [-0.05, 0) is 12.1 Å². The molecule has 0 fully saturated rings. The van der Waals surface area contributed by atoms with Crippen LogP contribution in [0.4, 0.5) is 0 Å². The second-order valence-corrected chi connectivity index (χ2v) is 5.88. The molecule has 0 saturated carbocycles. The fraction of sp³-hybridized carbons (Fsp3) is 0. The monoisotopic (exact) mass is 290 g/mol. The summed E-state index contributed by atoms with van der Waals surface area (Å²) in [6.45, 7) is 0. The van der Waals surface area contributed by atoms with Gasteiger partial charge in [0.25, 0.3) is 0 Å². The van der Waals surface area contributed by atoms with Gasteiger partial charge in [-0.2, -0.15) is 0 Å². The number of aldehydes is 1. The minimum atomic E-state index is -3.96. The number of allylic oxidation sites excluding steroid dienone is 2. The average molecular weight is 290 g/mol. The van der Waals surface area contributed by atoms with Crippen molar-refractivity contribution in [1.82, 2.24) is 10.3 Å². The molecule has 3 rings (SSSR count). The third-order valence-electron chi connectivity index (χ3n) is 2.92. The number of ketones is 2. The number of sulfone groups is 1. The lowest BCUT2D eigenvalue weighted by molar-refractivity contribution is 0.0971. The third kappa shape index (κ3) is 1.55. The summed E-state index contributed by atoms with van der Waals surface area (Å²) in [6.07, 6.45) is 1.50. The molecule has 1 aromatic heterocycles. The third-order valence-corrected chi connectivity index (χ3v) is 4.37. The van der Waals surface area contributed by atoms with Gasteiger partial charge < -0.3 is 5.32 Å². The van der Waals surface area contributed by atoms with Gasteiger partial charge in [-0.25, -0.2) is 13.4 Å². The van der Waals surface area contributed by atoms with E-state index in [-0.39, 0.29) is 22.6 Å². The molecule has 0 spiro atoms. The van der Waals surface area contributed by atoms with E-state index >= 15 is 0 Å². The van der Waals surface area contributed by atoms with Crippen LogP contribution < -0.4 is 5.32 Å². The highest BCUT2D eigenvalue weighted by molar-refractivity contribution is 7.99. The predicted octanol–water partition coefficient (Wildman–Crippen LogP) is -0.0261. The van der Waals surface area contributed by atoms with E-state index in [0.29, 0.717) is 6.29 Å². The number of carbonyl (C=O) groups is 3. The minimum Gasteiger partial charge on any atom is -0.357 e. The number of aromatic nitrogens is 1. The molecule has 8 heteroatoms. The van der Waals surface area contributed by atoms with Gasteiger partial charge in [-0.15, -0.1) is 0 Å². The number of nitrogens with one attached hydrogen (secondary N) is 1. The summed E-state index contributed by atoms with van der Waals surface area (Å²) in [6, 6.07) is 2.48. The van der Waals surface area contributed by atoms with Crippen molar-refractivity contribution in [3.8, 4) is 0 Å². The number of hydrogen-bond acceptors (Lipinski definition) is 7. The largest absolute Gasteiger partial charge is 0.357 e. The van der Waals surface area contributed by atoms with E-state index in [1.165, 1.54) is 12.1 Å². The van der Waals surface area contributed by atoms with Gasteiger partial charge >= 0.3 is 0 Å². The fourth-order valence-electron chi connectivity index (χ4n) is 2.03. The Morgan fingerprint density at radius 2 is 1.90 bits per heavy atom. The van der Waals surface area contributed by atoms with Crippen LogP contribution in [0.5, 0.6) is 0 Å². The molecule has 0 saturated heterocycles. The van der Waals surface area contributed by atoms with Gasteiger partial charge in [-0.1, -0.05) is 0 Å². The van der Waals surface area contributed by atoms with E-state index < -0.39 is 26.3 Å². The average Bonchev–Trinajstić information content (AvgIpc) is 2.43. The highest BCUT2D eigenvalue weighted by atomic mass is 32.2. The highest BCUT2D eigenvalue weighted by Crippen LogP contribution is 2.30. The maximum absolute atomic E-state index is 12.2. The van der Waals surface area contributed by atoms with Crippen molar-refractivity contribution < 1.29 is 22.8 Å². The Hall–Kier alpha value is -2.61. The molecule has 7 nitrogen and oxygen atoms in total. The first-order valence-electron chi connectivity index (χ1n) is 5.44. The van der Waals surface area contributed by atoms with Crippen LogP contribution >= 0.6 is 0 Å². The van der Waals surface area contributed by atoms with E-state index in [2.05, 4.69) is 10.3 Å². The Bertz CT molecular complexity index is 849. The zero-order valence-corrected chi connectivity index (χ0v) is 10.6. The fourth-order valence-corrected chi connectivity index (χ4v) is 3.22. The molecule has 0 unspecified atom stereocenters. The van der Waals surface area contributed by atoms with Crippen LogP contribution in [-0.2, 0) is 9.84 Å². The van der Waals surface area contributed by atoms with Gasteiger partial charge in [0, 0.05) is 6.20 Å². The number of carbonyl (C=O) groups excluding carboxylic acids is 3. The molecule has 1 N–H and O–H groups in total. The molecule has 0 radical (unpaired) electrons. The maximum Gasteiger partial charge on any atom is 0.229 e. The van der Waals surface area contributed by atoms with Crippen molar-refractivity contribution in [2.45, 2.75) is 0 Å². The summed E-state index contributed by atoms with van der Waals surface area (Å²) >= 11 is 0. The van der Waals surface area contributed by atoms with Gasteiger partial charge in [0.15, 0.2) is 6.29 Å². The Labute approximate surface area is 112 Å². The number of rotatable bonds is 1. The normalized spacial score (nSPS) is 19.2. The van der Waals surface area contributed by atoms with Gasteiger partial charge in [0.1, 0.15) is 22.0 Å². The quantitative estimate of drug-likeness (QED) is 0.723. The summed E-state index contributed by atoms with van der Waals surface area (Å²) in [5.41, 5.74) is -0.694. The summed E-state index contributed by atoms with van der Waals surface area (Å²) in [7, 11) is -3.96. The van der Waals surface area contributed by atoms with E-state index in [0.717, 1.165) is 11.6 Å². The highest BCUT2D eigenvalue weighted by Gasteiger charge is 2.40. The Balaban J connectivity index is 2.30. The first-order valence-corrected chi connectivity index (χ1v) is 6.98. The molecule has 2 heterocycles. The van der Waals surface area contributed by atoms with Gasteiger partial charge in [0.2, 0.25) is 21.4 Å². The van der Waals surface area contributed by atoms with Crippen LogP contribution in [-0.4, -0.2) is 31.3 Å². The van der Waals surface area contributed by atoms with Crippen LogP contribution in [0.25, 0.3) is 0 Å². The van der Waals surface area contributed by atoms with Gasteiger partial charge in [-0.3, -0.25) is 14.4 Å². The van der Waals surface area contributed by atoms with Crippen molar-refractivity contribution in [3.63, 3.8) is 0 Å². The lowest BCUT2D eigenvalue weighted by Crippen LogP contribution is -2.34. The van der Waals surface area contributed by atoms with Crippen LogP contribution in [0.3, 0.4) is 0 Å². The van der Waals surface area contributed by atoms with Crippen LogP contribution in [0.1, 0.15) is 31.3 Å². The minimum absolute atomic E-state index is 0.0110. The molecule has 0 aromatic carbocycles. The summed E-state index contributed by atoms with van der Waals surface area (Å²) in [5.74, 6) is -1.54. The molecule has 0 bridgehead atoms. The Morgan fingerprint density at radius 1 is 1.15 bits per heavy atom. The number of pyridine rings is 1. The smallest absolute Gasteiger partial charge is 0.229 e. The molecule has 1 aromatic rings. The van der Waals surface area contributed by atoms with Crippen molar-refractivity contribution >= 4 is 27.7 Å². The second kappa shape index (κ2) is 3.94. The van der Waals surface area contributed by atoms with Crippen molar-refractivity contribution in [3.05, 3.63) is 51.3 Å². The van der Waals surface area contributed by atoms with Crippen molar-refractivity contribution in [2.75, 3.05) is 0 Å². The molecule has 1 aliphatic carbocycles. The number of hydrogen-bond donors (Lipinski definition) is 1. The van der Waals surface area contributed by atoms with Gasteiger partial charge in [0.05, 0.1) is 11.0 Å². The van der Waals surface area contributed by atoms with Crippen LogP contribution in [0.15, 0.2) is 34.3 Å². The van der Waals surface area contributed by atoms with Crippen LogP contribution in [0.2, 0.25) is 0 Å². The lowest BCUT2D eigenvalue weighted by atomic mass is 9.96. The molecule has 100 valence electrons. The van der Waals surface area contributed by atoms with E-state index in [1.807, 2.05) is 0 Å². The zero-order chi connectivity index (χ0) is 14.5. The Morgan fingerprint density at radius 3 is 2.60 bits per heavy atom. The first kappa shape index (κ1) is 12.4. The predicted molar refractivity (Wildman–Crippen MR) is 66.5 cm³/mol. The number of nitrogens with zero attached hydrogens (tertiary/aromatic N) is 1. The van der Waals surface area contributed by atoms with Crippen LogP contribution in [0, 0.1) is 0 Å². The molecule has 0 amide bonds. The van der Waals surface area contributed by atoms with Crippen molar-refractivity contribution in [1.29, 1.82) is 0 Å². The van der Waals surface area contributed by atoms with E-state index in [9.17, 15) is 22.8 Å². The second-order valence-electron chi connectivity index (χ2n) is 4.10. The molecule has 1 aliphatic heterocycles. The molecular formula is C12H6N2O5S. The molecule has 2 aliphatic rings. The summed E-state index contributed by atoms with van der Waals surface area (Å²) in [4.78, 5) is 38.3. The zero-order valence-electron chi connectivity index (χ0n) is 9.78. The van der Waals surface area contributed by atoms with Crippen molar-refractivity contribution in [2.24, 2.45) is 0 Å². The number of Topliss-reactive ketones (excluding diaryl/α,β-unsaturated/α-hetero) is 2. The first-order chi connectivity index (χ1) is 9.45. The topological polar surface area (TPSA) is 110 Å². The maximum atomic E-state index is 12.2. The van der Waals surface area contributed by atoms with E-state index in [4.69, 9.17) is 0 Å². The number of fused-ring (bicyclic) bond motifs is 1. The SMILES string of the molecule is O=Cc1ccc2c(n1)C(=O)C1=C(C2=O)S(=O)(=O)C=CN1. The lowest BCUT2D eigenvalue weighted by Gasteiger charge is -2.21. The molecule has 20 heavy (non-hydrogen) atoms. The van der Waals surface area contributed by atoms with E-state index in [1.54, 1.807) is 0 Å². The Kier molecular flexibility index (Phi) is 2.45. The summed E-state index contributed by atoms with van der Waals surface area (Å²) in [5, 5.41) is 3.27.